The molecule has 0 N–H and O–H groups in total. The first-order valence-corrected chi connectivity index (χ1v) is 10.4. The summed E-state index contributed by atoms with van der Waals surface area (Å²) in [6.45, 7) is 2.97. The number of nitrogens with zero attached hydrogens (tertiary/aromatic N) is 2. The van der Waals surface area contributed by atoms with Crippen molar-refractivity contribution in [3.8, 4) is 0 Å². The van der Waals surface area contributed by atoms with Crippen LogP contribution >= 0.6 is 0 Å². The Bertz CT molecular complexity index is 1290. The molecule has 2 fully saturated rings. The van der Waals surface area contributed by atoms with E-state index in [1.54, 1.807) is 19.1 Å². The fourth-order valence-electron chi connectivity index (χ4n) is 5.97. The Morgan fingerprint density at radius 1 is 1.16 bits per heavy atom. The first-order chi connectivity index (χ1) is 15.3. The number of esters is 3. The van der Waals surface area contributed by atoms with Crippen LogP contribution in [0.4, 0.5) is 0 Å². The number of carbonyl (C=O) groups excluding carboxylic acids is 5. The van der Waals surface area contributed by atoms with Gasteiger partial charge in [-0.1, -0.05) is 18.2 Å². The summed E-state index contributed by atoms with van der Waals surface area (Å²) in [4.78, 5) is 67.2. The molecule has 4 aliphatic rings. The molecule has 4 aliphatic heterocycles. The number of para-hydroxylation sites is 1. The van der Waals surface area contributed by atoms with Gasteiger partial charge in [-0.3, -0.25) is 23.7 Å². The van der Waals surface area contributed by atoms with Crippen molar-refractivity contribution in [1.29, 1.82) is 0 Å². The van der Waals surface area contributed by atoms with Crippen LogP contribution in [0, 0.1) is 11.8 Å². The molecule has 0 aliphatic carbocycles. The van der Waals surface area contributed by atoms with Crippen molar-refractivity contribution in [2.75, 3.05) is 13.2 Å². The number of ether oxygens (including phenoxy) is 3. The standard InChI is InChI=1S/C22H18N2O8/c1-3-30-20(29)21-14-15(18(27)31-17(14)26)22(32-21)16-12(8-9-23(22)10(2)25)11-6-4-5-7-13(11)24(16)19(21)28/h4-7,14-15H,3,8-9H2,1-2H3/t14-,15+,21-,22+/m1/s1. The number of amides is 1. The van der Waals surface area contributed by atoms with Gasteiger partial charge in [0.05, 0.1) is 17.8 Å². The molecule has 1 aromatic carbocycles. The number of benzene rings is 1. The van der Waals surface area contributed by atoms with E-state index in [0.717, 1.165) is 10.9 Å². The monoisotopic (exact) mass is 438 g/mol. The lowest BCUT2D eigenvalue weighted by Crippen LogP contribution is -2.64. The lowest BCUT2D eigenvalue weighted by atomic mass is 9.77. The molecule has 0 unspecified atom stereocenters. The van der Waals surface area contributed by atoms with E-state index in [0.29, 0.717) is 17.6 Å². The van der Waals surface area contributed by atoms with E-state index in [2.05, 4.69) is 0 Å². The summed E-state index contributed by atoms with van der Waals surface area (Å²) in [6, 6.07) is 7.11. The lowest BCUT2D eigenvalue weighted by Gasteiger charge is -2.48. The molecule has 0 saturated carbocycles. The average molecular weight is 438 g/mol. The molecule has 1 amide bonds. The second-order valence-electron chi connectivity index (χ2n) is 8.36. The number of fused-ring (bicyclic) bond motifs is 6. The van der Waals surface area contributed by atoms with Crippen LogP contribution in [-0.4, -0.2) is 57.9 Å². The van der Waals surface area contributed by atoms with Gasteiger partial charge < -0.3 is 19.1 Å². The minimum Gasteiger partial charge on any atom is -0.463 e. The molecule has 32 heavy (non-hydrogen) atoms. The van der Waals surface area contributed by atoms with Crippen molar-refractivity contribution in [2.45, 2.75) is 31.6 Å². The molecule has 2 aromatic rings. The topological polar surface area (TPSA) is 121 Å². The van der Waals surface area contributed by atoms with Gasteiger partial charge in [0.2, 0.25) is 11.6 Å². The summed E-state index contributed by atoms with van der Waals surface area (Å²) in [5, 5.41) is 0.753. The molecular formula is C22H18N2O8. The molecule has 1 aromatic heterocycles. The summed E-state index contributed by atoms with van der Waals surface area (Å²) in [6.07, 6.45) is 0.410. The molecular weight excluding hydrogens is 420 g/mol. The highest BCUT2D eigenvalue weighted by Crippen LogP contribution is 2.63. The molecule has 6 rings (SSSR count). The van der Waals surface area contributed by atoms with Crippen molar-refractivity contribution >= 4 is 40.6 Å². The predicted octanol–water partition coefficient (Wildman–Crippen LogP) is 0.500. The molecule has 0 radical (unpaired) electrons. The van der Waals surface area contributed by atoms with Gasteiger partial charge in [-0.25, -0.2) is 4.79 Å². The van der Waals surface area contributed by atoms with Crippen LogP contribution in [0.5, 0.6) is 0 Å². The first kappa shape index (κ1) is 19.2. The van der Waals surface area contributed by atoms with Gasteiger partial charge in [0.1, 0.15) is 11.8 Å². The molecule has 2 saturated heterocycles. The minimum atomic E-state index is -2.44. The van der Waals surface area contributed by atoms with Crippen molar-refractivity contribution in [3.63, 3.8) is 0 Å². The molecule has 4 atom stereocenters. The fourth-order valence-corrected chi connectivity index (χ4v) is 5.97. The zero-order valence-electron chi connectivity index (χ0n) is 17.2. The Morgan fingerprint density at radius 2 is 1.88 bits per heavy atom. The van der Waals surface area contributed by atoms with Gasteiger partial charge in [0, 0.05) is 18.9 Å². The summed E-state index contributed by atoms with van der Waals surface area (Å²) in [5.74, 6) is -7.24. The maximum Gasteiger partial charge on any atom is 0.349 e. The largest absolute Gasteiger partial charge is 0.463 e. The highest BCUT2D eigenvalue weighted by Gasteiger charge is 2.84. The number of rotatable bonds is 2. The van der Waals surface area contributed by atoms with Crippen LogP contribution in [0.1, 0.15) is 29.9 Å². The van der Waals surface area contributed by atoms with E-state index in [1.165, 1.54) is 16.4 Å². The van der Waals surface area contributed by atoms with Gasteiger partial charge >= 0.3 is 17.9 Å². The summed E-state index contributed by atoms with van der Waals surface area (Å²) in [7, 11) is 0. The summed E-state index contributed by atoms with van der Waals surface area (Å²) >= 11 is 0. The second kappa shape index (κ2) is 5.83. The lowest BCUT2D eigenvalue weighted by molar-refractivity contribution is -0.225. The van der Waals surface area contributed by atoms with Crippen molar-refractivity contribution < 1.29 is 38.2 Å². The zero-order valence-corrected chi connectivity index (χ0v) is 17.2. The number of carbonyl (C=O) groups is 5. The summed E-state index contributed by atoms with van der Waals surface area (Å²) < 4.78 is 17.7. The molecule has 10 heteroatoms. The van der Waals surface area contributed by atoms with E-state index >= 15 is 0 Å². The normalized spacial score (nSPS) is 32.1. The number of hydrogen-bond donors (Lipinski definition) is 0. The predicted molar refractivity (Wildman–Crippen MR) is 104 cm³/mol. The fraction of sp³-hybridized carbons (Fsp3) is 0.409. The molecule has 10 nitrogen and oxygen atoms in total. The Hall–Kier alpha value is -3.53. The van der Waals surface area contributed by atoms with Crippen LogP contribution in [0.2, 0.25) is 0 Å². The van der Waals surface area contributed by atoms with Crippen molar-refractivity contribution in [2.24, 2.45) is 11.8 Å². The highest BCUT2D eigenvalue weighted by atomic mass is 16.6. The SMILES string of the molecule is CCOC(=O)[C@]12O[C@]3(c4c(c5ccccc5n4C1=O)CCN3C(C)=O)[C@@H]1C(=O)OC(=O)[C@@H]12. The van der Waals surface area contributed by atoms with Gasteiger partial charge in [0.25, 0.3) is 11.5 Å². The van der Waals surface area contributed by atoms with Crippen LogP contribution in [0.25, 0.3) is 10.9 Å². The van der Waals surface area contributed by atoms with E-state index in [9.17, 15) is 24.0 Å². The van der Waals surface area contributed by atoms with Crippen LogP contribution < -0.4 is 0 Å². The second-order valence-corrected chi connectivity index (χ2v) is 8.36. The molecule has 5 heterocycles. The third-order valence-electron chi connectivity index (χ3n) is 7.00. The van der Waals surface area contributed by atoms with Crippen LogP contribution in [-0.2, 0) is 45.5 Å². The highest BCUT2D eigenvalue weighted by molar-refractivity contribution is 6.18. The zero-order chi connectivity index (χ0) is 22.6. The summed E-state index contributed by atoms with van der Waals surface area (Å²) in [5.41, 5.74) is -2.75. The maximum atomic E-state index is 14.0. The molecule has 164 valence electrons. The van der Waals surface area contributed by atoms with E-state index in [4.69, 9.17) is 14.2 Å². The minimum absolute atomic E-state index is 0.0778. The number of hydrogen-bond acceptors (Lipinski definition) is 8. The Labute approximate surface area is 181 Å². The van der Waals surface area contributed by atoms with Gasteiger partial charge in [0.15, 0.2) is 0 Å². The Balaban J connectivity index is 1.79. The third-order valence-corrected chi connectivity index (χ3v) is 7.00. The molecule has 1 spiro atoms. The van der Waals surface area contributed by atoms with E-state index in [1.807, 2.05) is 12.1 Å². The Kier molecular flexibility index (Phi) is 3.49. The van der Waals surface area contributed by atoms with Gasteiger partial charge in [-0.15, -0.1) is 0 Å². The van der Waals surface area contributed by atoms with E-state index < -0.39 is 52.9 Å². The third kappa shape index (κ3) is 1.81. The average Bonchev–Trinajstić information content (AvgIpc) is 3.35. The van der Waals surface area contributed by atoms with E-state index in [-0.39, 0.29) is 13.2 Å². The van der Waals surface area contributed by atoms with Crippen LogP contribution in [0.3, 0.4) is 0 Å². The number of cyclic esters (lactones) is 2. The number of aromatic nitrogens is 1. The van der Waals surface area contributed by atoms with Crippen molar-refractivity contribution in [3.05, 3.63) is 35.5 Å². The molecule has 2 bridgehead atoms. The Morgan fingerprint density at radius 3 is 2.59 bits per heavy atom. The van der Waals surface area contributed by atoms with Gasteiger partial charge in [-0.05, 0) is 25.0 Å². The quantitative estimate of drug-likeness (QED) is 0.491. The smallest absolute Gasteiger partial charge is 0.349 e. The maximum absolute atomic E-state index is 14.0. The first-order valence-electron chi connectivity index (χ1n) is 10.4. The van der Waals surface area contributed by atoms with Gasteiger partial charge in [-0.2, -0.15) is 0 Å². The van der Waals surface area contributed by atoms with Crippen LogP contribution in [0.15, 0.2) is 24.3 Å². The van der Waals surface area contributed by atoms with Crippen molar-refractivity contribution in [1.82, 2.24) is 9.47 Å².